The minimum absolute atomic E-state index is 0.207. The molecule has 3 nitrogen and oxygen atoms in total. The van der Waals surface area contributed by atoms with E-state index in [0.717, 1.165) is 23.7 Å². The van der Waals surface area contributed by atoms with Gasteiger partial charge in [-0.3, -0.25) is 4.79 Å². The van der Waals surface area contributed by atoms with E-state index < -0.39 is 0 Å². The van der Waals surface area contributed by atoms with E-state index in [-0.39, 0.29) is 11.4 Å². The van der Waals surface area contributed by atoms with Crippen molar-refractivity contribution >= 4 is 21.8 Å². The van der Waals surface area contributed by atoms with E-state index in [1.54, 1.807) is 0 Å². The number of nitrogens with one attached hydrogen (secondary N) is 2. The summed E-state index contributed by atoms with van der Waals surface area (Å²) in [6, 6.07) is 9.64. The topological polar surface area (TPSA) is 41.1 Å². The molecule has 0 spiro atoms. The predicted molar refractivity (Wildman–Crippen MR) is 97.4 cm³/mol. The maximum Gasteiger partial charge on any atom is 0.220 e. The van der Waals surface area contributed by atoms with Crippen LogP contribution >= 0.6 is 15.9 Å². The summed E-state index contributed by atoms with van der Waals surface area (Å²) in [6.07, 6.45) is 6.44. The lowest BCUT2D eigenvalue weighted by molar-refractivity contribution is -0.123. The van der Waals surface area contributed by atoms with Crippen LogP contribution in [0, 0.1) is 5.92 Å². The Morgan fingerprint density at radius 1 is 1.22 bits per heavy atom. The molecule has 2 fully saturated rings. The van der Waals surface area contributed by atoms with Crippen LogP contribution in [0.3, 0.4) is 0 Å². The highest BCUT2D eigenvalue weighted by Gasteiger charge is 2.34. The molecule has 1 amide bonds. The molecule has 2 aliphatic heterocycles. The van der Waals surface area contributed by atoms with E-state index in [0.29, 0.717) is 24.4 Å². The molecule has 2 aliphatic rings. The van der Waals surface area contributed by atoms with Gasteiger partial charge in [0, 0.05) is 28.5 Å². The summed E-state index contributed by atoms with van der Waals surface area (Å²) in [5, 5.41) is 6.89. The number of halogens is 1. The van der Waals surface area contributed by atoms with Crippen LogP contribution in [0.4, 0.5) is 0 Å². The lowest BCUT2D eigenvalue weighted by Crippen LogP contribution is -2.46. The highest BCUT2D eigenvalue weighted by atomic mass is 79.9. The molecule has 23 heavy (non-hydrogen) atoms. The Kier molecular flexibility index (Phi) is 5.12. The van der Waals surface area contributed by atoms with Gasteiger partial charge in [-0.05, 0) is 69.6 Å². The molecular formula is C19H27BrN2O. The van der Waals surface area contributed by atoms with Gasteiger partial charge in [0.15, 0.2) is 0 Å². The summed E-state index contributed by atoms with van der Waals surface area (Å²) in [5.41, 5.74) is 1.04. The quantitative estimate of drug-likeness (QED) is 0.817. The van der Waals surface area contributed by atoms with Gasteiger partial charge in [0.2, 0.25) is 5.91 Å². The van der Waals surface area contributed by atoms with Crippen LogP contribution in [0.2, 0.25) is 0 Å². The van der Waals surface area contributed by atoms with E-state index in [1.165, 1.54) is 18.4 Å². The van der Waals surface area contributed by atoms with Crippen molar-refractivity contribution in [2.45, 2.75) is 70.0 Å². The van der Waals surface area contributed by atoms with Crippen molar-refractivity contribution in [3.05, 3.63) is 34.3 Å². The summed E-state index contributed by atoms with van der Waals surface area (Å²) in [6.45, 7) is 4.22. The molecule has 0 aromatic heterocycles. The second kappa shape index (κ2) is 6.94. The Hall–Kier alpha value is -0.870. The normalized spacial score (nSPS) is 27.0. The van der Waals surface area contributed by atoms with E-state index in [2.05, 4.69) is 64.7 Å². The summed E-state index contributed by atoms with van der Waals surface area (Å²) in [5.74, 6) is 0.760. The fourth-order valence-corrected chi connectivity index (χ4v) is 4.45. The number of rotatable bonds is 5. The van der Waals surface area contributed by atoms with Crippen molar-refractivity contribution in [2.75, 3.05) is 0 Å². The smallest absolute Gasteiger partial charge is 0.220 e. The fourth-order valence-electron chi connectivity index (χ4n) is 4.19. The second-order valence-corrected chi connectivity index (χ2v) is 8.83. The molecule has 0 saturated carbocycles. The Balaban J connectivity index is 1.50. The van der Waals surface area contributed by atoms with E-state index in [9.17, 15) is 4.79 Å². The molecule has 2 heterocycles. The molecule has 1 aromatic rings. The molecule has 0 aliphatic carbocycles. The van der Waals surface area contributed by atoms with Gasteiger partial charge >= 0.3 is 0 Å². The monoisotopic (exact) mass is 378 g/mol. The zero-order chi connectivity index (χ0) is 16.4. The molecule has 2 bridgehead atoms. The van der Waals surface area contributed by atoms with Crippen molar-refractivity contribution in [3.63, 3.8) is 0 Å². The summed E-state index contributed by atoms with van der Waals surface area (Å²) >= 11 is 3.46. The third kappa shape index (κ3) is 4.80. The molecule has 2 unspecified atom stereocenters. The van der Waals surface area contributed by atoms with Crippen LogP contribution in [-0.2, 0) is 11.2 Å². The largest absolute Gasteiger partial charge is 0.351 e. The van der Waals surface area contributed by atoms with Crippen molar-refractivity contribution < 1.29 is 4.79 Å². The van der Waals surface area contributed by atoms with Gasteiger partial charge in [-0.15, -0.1) is 0 Å². The first-order valence-electron chi connectivity index (χ1n) is 8.71. The van der Waals surface area contributed by atoms with Gasteiger partial charge in [0.1, 0.15) is 0 Å². The molecule has 0 radical (unpaired) electrons. The second-order valence-electron chi connectivity index (χ2n) is 7.91. The number of hydrogen-bond acceptors (Lipinski definition) is 2. The maximum absolute atomic E-state index is 12.5. The van der Waals surface area contributed by atoms with Crippen molar-refractivity contribution in [1.29, 1.82) is 0 Å². The molecule has 1 aromatic carbocycles. The minimum atomic E-state index is -0.211. The third-order valence-electron chi connectivity index (χ3n) is 5.08. The molecule has 3 rings (SSSR count). The first kappa shape index (κ1) is 17.0. The standard InChI is InChI=1S/C19H27BrN2O/c1-19(2,12-13-3-5-15(20)6-4-13)22-18(23)11-14-9-16-7-8-17(10-14)21-16/h3-6,14,16-17,21H,7-12H2,1-2H3,(H,22,23). The molecule has 2 N–H and O–H groups in total. The van der Waals surface area contributed by atoms with Crippen LogP contribution in [-0.4, -0.2) is 23.5 Å². The van der Waals surface area contributed by atoms with Gasteiger partial charge in [0.25, 0.3) is 0 Å². The molecular weight excluding hydrogens is 352 g/mol. The highest BCUT2D eigenvalue weighted by Crippen LogP contribution is 2.32. The van der Waals surface area contributed by atoms with Crippen LogP contribution in [0.25, 0.3) is 0 Å². The maximum atomic E-state index is 12.5. The van der Waals surface area contributed by atoms with Crippen LogP contribution in [0.15, 0.2) is 28.7 Å². The van der Waals surface area contributed by atoms with Gasteiger partial charge in [0.05, 0.1) is 0 Å². The zero-order valence-electron chi connectivity index (χ0n) is 14.1. The third-order valence-corrected chi connectivity index (χ3v) is 5.61. The van der Waals surface area contributed by atoms with E-state index >= 15 is 0 Å². The first-order chi connectivity index (χ1) is 10.9. The Bertz CT molecular complexity index is 543. The number of carbonyl (C=O) groups excluding carboxylic acids is 1. The molecule has 2 atom stereocenters. The lowest BCUT2D eigenvalue weighted by Gasteiger charge is -2.31. The summed E-state index contributed by atoms with van der Waals surface area (Å²) in [7, 11) is 0. The zero-order valence-corrected chi connectivity index (χ0v) is 15.7. The number of benzene rings is 1. The van der Waals surface area contributed by atoms with Gasteiger partial charge in [-0.1, -0.05) is 28.1 Å². The van der Waals surface area contributed by atoms with Gasteiger partial charge < -0.3 is 10.6 Å². The number of hydrogen-bond donors (Lipinski definition) is 2. The lowest BCUT2D eigenvalue weighted by atomic mass is 9.88. The summed E-state index contributed by atoms with van der Waals surface area (Å²) < 4.78 is 1.09. The minimum Gasteiger partial charge on any atom is -0.351 e. The number of carbonyl (C=O) groups is 1. The predicted octanol–water partition coefficient (Wildman–Crippen LogP) is 3.81. The molecule has 126 valence electrons. The van der Waals surface area contributed by atoms with Crippen LogP contribution in [0.1, 0.15) is 51.5 Å². The highest BCUT2D eigenvalue weighted by molar-refractivity contribution is 9.10. The van der Waals surface area contributed by atoms with Crippen molar-refractivity contribution in [1.82, 2.24) is 10.6 Å². The van der Waals surface area contributed by atoms with E-state index in [4.69, 9.17) is 0 Å². The Labute approximate surface area is 147 Å². The van der Waals surface area contributed by atoms with Crippen LogP contribution in [0.5, 0.6) is 0 Å². The molecule has 2 saturated heterocycles. The first-order valence-corrected chi connectivity index (χ1v) is 9.50. The molecule has 4 heteroatoms. The average molecular weight is 379 g/mol. The van der Waals surface area contributed by atoms with Crippen molar-refractivity contribution in [3.8, 4) is 0 Å². The van der Waals surface area contributed by atoms with Crippen molar-refractivity contribution in [2.24, 2.45) is 5.92 Å². The number of amides is 1. The SMILES string of the molecule is CC(C)(Cc1ccc(Br)cc1)NC(=O)CC1CC2CCC(C1)N2. The fraction of sp³-hybridized carbons (Fsp3) is 0.632. The number of fused-ring (bicyclic) bond motifs is 2. The van der Waals surface area contributed by atoms with Crippen LogP contribution < -0.4 is 10.6 Å². The summed E-state index contributed by atoms with van der Waals surface area (Å²) in [4.78, 5) is 12.5. The Morgan fingerprint density at radius 3 is 2.43 bits per heavy atom. The van der Waals surface area contributed by atoms with Gasteiger partial charge in [-0.25, -0.2) is 0 Å². The van der Waals surface area contributed by atoms with Gasteiger partial charge in [-0.2, -0.15) is 0 Å². The number of piperidine rings is 1. The van der Waals surface area contributed by atoms with E-state index in [1.807, 2.05) is 0 Å². The Morgan fingerprint density at radius 2 is 1.83 bits per heavy atom. The average Bonchev–Trinajstić information content (AvgIpc) is 2.79.